The number of nitrogens with two attached hydrogens (primary N) is 1. The normalized spacial score (nSPS) is 9.47. The fraction of sp³-hybridized carbons (Fsp3) is 0. The molecule has 2 aromatic carbocycles. The molecule has 0 heterocycles. The van der Waals surface area contributed by atoms with Crippen LogP contribution in [0.25, 0.3) is 10.8 Å². The van der Waals surface area contributed by atoms with Crippen molar-refractivity contribution in [3.05, 3.63) is 41.5 Å². The van der Waals surface area contributed by atoms with Gasteiger partial charge in [0.15, 0.2) is 0 Å². The third-order valence-electron chi connectivity index (χ3n) is 2.39. The Kier molecular flexibility index (Phi) is 2.08. The van der Waals surface area contributed by atoms with Crippen LogP contribution in [0.3, 0.4) is 0 Å². The molecule has 0 aromatic heterocycles. The molecule has 15 heavy (non-hydrogen) atoms. The molecule has 0 amide bonds. The van der Waals surface area contributed by atoms with Crippen molar-refractivity contribution < 1.29 is 0 Å². The number of hydrogen-bond donors (Lipinski definition) is 1. The maximum atomic E-state index is 5.89. The van der Waals surface area contributed by atoms with Crippen molar-refractivity contribution >= 4 is 16.5 Å². The average Bonchev–Trinajstić information content (AvgIpc) is 2.28. The molecule has 1 heteroatoms. The van der Waals surface area contributed by atoms with Gasteiger partial charge in [-0.3, -0.25) is 0 Å². The summed E-state index contributed by atoms with van der Waals surface area (Å²) in [7, 11) is 0. The Bertz CT molecular complexity index is 609. The average molecular weight is 191 g/mol. The molecule has 2 rings (SSSR count). The molecule has 0 spiro atoms. The van der Waals surface area contributed by atoms with Crippen molar-refractivity contribution in [2.45, 2.75) is 0 Å². The van der Waals surface area contributed by atoms with Crippen LogP contribution in [0.2, 0.25) is 0 Å². The summed E-state index contributed by atoms with van der Waals surface area (Å²) < 4.78 is 0. The van der Waals surface area contributed by atoms with Crippen molar-refractivity contribution in [3.63, 3.8) is 0 Å². The molecule has 2 N–H and O–H groups in total. The van der Waals surface area contributed by atoms with E-state index < -0.39 is 0 Å². The zero-order chi connectivity index (χ0) is 10.8. The fourth-order valence-corrected chi connectivity index (χ4v) is 1.64. The largest absolute Gasteiger partial charge is 0.397 e. The van der Waals surface area contributed by atoms with Gasteiger partial charge in [-0.15, -0.1) is 12.8 Å². The van der Waals surface area contributed by atoms with Crippen LogP contribution in [0.1, 0.15) is 11.1 Å². The quantitative estimate of drug-likeness (QED) is 0.502. The molecular formula is C14H9N. The summed E-state index contributed by atoms with van der Waals surface area (Å²) in [6, 6.07) is 9.67. The molecule has 0 aliphatic rings. The predicted molar refractivity (Wildman–Crippen MR) is 64.2 cm³/mol. The first-order chi connectivity index (χ1) is 7.27. The van der Waals surface area contributed by atoms with Crippen LogP contribution < -0.4 is 5.73 Å². The Balaban J connectivity index is 2.99. The second kappa shape index (κ2) is 3.40. The number of anilines is 1. The summed E-state index contributed by atoms with van der Waals surface area (Å²) >= 11 is 0. The minimum Gasteiger partial charge on any atom is -0.397 e. The van der Waals surface area contributed by atoms with Gasteiger partial charge in [-0.25, -0.2) is 0 Å². The molecular weight excluding hydrogens is 182 g/mol. The van der Waals surface area contributed by atoms with Gasteiger partial charge in [0.1, 0.15) is 0 Å². The van der Waals surface area contributed by atoms with Crippen LogP contribution in [-0.2, 0) is 0 Å². The van der Waals surface area contributed by atoms with Crippen LogP contribution in [0.5, 0.6) is 0 Å². The summed E-state index contributed by atoms with van der Waals surface area (Å²) in [5, 5.41) is 1.99. The number of hydrogen-bond acceptors (Lipinski definition) is 1. The predicted octanol–water partition coefficient (Wildman–Crippen LogP) is 2.38. The Labute approximate surface area is 88.9 Å². The van der Waals surface area contributed by atoms with Crippen LogP contribution in [0.15, 0.2) is 30.3 Å². The molecule has 0 saturated heterocycles. The molecule has 0 unspecified atom stereocenters. The molecule has 1 nitrogen and oxygen atoms in total. The highest BCUT2D eigenvalue weighted by atomic mass is 14.6. The number of rotatable bonds is 0. The molecule has 0 bridgehead atoms. The van der Waals surface area contributed by atoms with E-state index in [1.54, 1.807) is 0 Å². The van der Waals surface area contributed by atoms with E-state index in [1.165, 1.54) is 0 Å². The van der Waals surface area contributed by atoms with E-state index in [-0.39, 0.29) is 0 Å². The molecule has 0 fully saturated rings. The summed E-state index contributed by atoms with van der Waals surface area (Å²) in [6.07, 6.45) is 10.8. The highest BCUT2D eigenvalue weighted by molar-refractivity contribution is 5.95. The number of fused-ring (bicyclic) bond motifs is 1. The van der Waals surface area contributed by atoms with Crippen LogP contribution in [-0.4, -0.2) is 0 Å². The number of terminal acetylenes is 2. The zero-order valence-corrected chi connectivity index (χ0v) is 8.12. The maximum Gasteiger partial charge on any atom is 0.0638 e. The first-order valence-corrected chi connectivity index (χ1v) is 4.52. The van der Waals surface area contributed by atoms with Gasteiger partial charge in [-0.1, -0.05) is 36.1 Å². The maximum absolute atomic E-state index is 5.89. The van der Waals surface area contributed by atoms with Crippen molar-refractivity contribution in [3.8, 4) is 24.7 Å². The van der Waals surface area contributed by atoms with Gasteiger partial charge >= 0.3 is 0 Å². The van der Waals surface area contributed by atoms with Gasteiger partial charge in [0.2, 0.25) is 0 Å². The Morgan fingerprint density at radius 2 is 1.80 bits per heavy atom. The summed E-state index contributed by atoms with van der Waals surface area (Å²) in [5.74, 6) is 5.13. The van der Waals surface area contributed by atoms with Crippen LogP contribution in [0, 0.1) is 24.7 Å². The minimum atomic E-state index is 0.513. The lowest BCUT2D eigenvalue weighted by molar-refractivity contribution is 1.64. The van der Waals surface area contributed by atoms with Gasteiger partial charge < -0.3 is 5.73 Å². The molecule has 0 radical (unpaired) electrons. The van der Waals surface area contributed by atoms with E-state index in [0.717, 1.165) is 10.8 Å². The van der Waals surface area contributed by atoms with E-state index in [1.807, 2.05) is 30.3 Å². The fourth-order valence-electron chi connectivity index (χ4n) is 1.64. The third-order valence-corrected chi connectivity index (χ3v) is 2.39. The van der Waals surface area contributed by atoms with Gasteiger partial charge in [0.25, 0.3) is 0 Å². The monoisotopic (exact) mass is 191 g/mol. The number of benzene rings is 2. The SMILES string of the molecule is C#Cc1cc2ccccc2c(C#C)c1N. The van der Waals surface area contributed by atoms with Crippen LogP contribution in [0.4, 0.5) is 5.69 Å². The highest BCUT2D eigenvalue weighted by Gasteiger charge is 2.06. The second-order valence-corrected chi connectivity index (χ2v) is 3.22. The smallest absolute Gasteiger partial charge is 0.0638 e. The Morgan fingerprint density at radius 1 is 1.07 bits per heavy atom. The summed E-state index contributed by atoms with van der Waals surface area (Å²) in [5.41, 5.74) is 7.73. The molecule has 0 saturated carbocycles. The van der Waals surface area contributed by atoms with E-state index in [0.29, 0.717) is 16.8 Å². The summed E-state index contributed by atoms with van der Waals surface area (Å²) in [4.78, 5) is 0. The lowest BCUT2D eigenvalue weighted by Crippen LogP contribution is -1.96. The summed E-state index contributed by atoms with van der Waals surface area (Å²) in [6.45, 7) is 0. The van der Waals surface area contributed by atoms with Crippen molar-refractivity contribution in [1.29, 1.82) is 0 Å². The second-order valence-electron chi connectivity index (χ2n) is 3.22. The minimum absolute atomic E-state index is 0.513. The third kappa shape index (κ3) is 1.31. The molecule has 0 aliphatic heterocycles. The molecule has 0 aliphatic carbocycles. The first-order valence-electron chi connectivity index (χ1n) is 4.52. The van der Waals surface area contributed by atoms with Gasteiger partial charge in [-0.2, -0.15) is 0 Å². The van der Waals surface area contributed by atoms with E-state index in [9.17, 15) is 0 Å². The molecule has 2 aromatic rings. The number of nitrogen functional groups attached to an aromatic ring is 1. The molecule has 0 atom stereocenters. The zero-order valence-electron chi connectivity index (χ0n) is 8.12. The van der Waals surface area contributed by atoms with E-state index in [2.05, 4.69) is 11.8 Å². The lowest BCUT2D eigenvalue weighted by Gasteiger charge is -2.07. The van der Waals surface area contributed by atoms with Gasteiger partial charge in [0.05, 0.1) is 11.3 Å². The van der Waals surface area contributed by atoms with Crippen molar-refractivity contribution in [2.75, 3.05) is 5.73 Å². The van der Waals surface area contributed by atoms with Gasteiger partial charge in [-0.05, 0) is 16.8 Å². The Morgan fingerprint density at radius 3 is 2.47 bits per heavy atom. The highest BCUT2D eigenvalue weighted by Crippen LogP contribution is 2.26. The Hall–Kier alpha value is -2.38. The van der Waals surface area contributed by atoms with E-state index in [4.69, 9.17) is 18.6 Å². The van der Waals surface area contributed by atoms with E-state index >= 15 is 0 Å². The van der Waals surface area contributed by atoms with Crippen molar-refractivity contribution in [2.24, 2.45) is 0 Å². The topological polar surface area (TPSA) is 26.0 Å². The van der Waals surface area contributed by atoms with Gasteiger partial charge in [0, 0.05) is 5.56 Å². The standard InChI is InChI=1S/C14H9N/c1-3-10-9-11-7-5-6-8-13(11)12(4-2)14(10)15/h1-2,5-9H,15H2. The van der Waals surface area contributed by atoms with Crippen molar-refractivity contribution in [1.82, 2.24) is 0 Å². The lowest BCUT2D eigenvalue weighted by atomic mass is 9.99. The molecule has 70 valence electrons. The first kappa shape index (κ1) is 9.19. The van der Waals surface area contributed by atoms with Crippen LogP contribution >= 0.6 is 0 Å².